The number of hydrogen-bond acceptors (Lipinski definition) is 3. The predicted molar refractivity (Wildman–Crippen MR) is 85.8 cm³/mol. The fraction of sp³-hybridized carbons (Fsp3) is 0.375. The van der Waals surface area contributed by atoms with Crippen LogP contribution in [0.3, 0.4) is 0 Å². The Balaban J connectivity index is 2.43. The first-order chi connectivity index (χ1) is 10.0. The Bertz CT molecular complexity index is 873. The molecular formula is C16H20N4O. The number of hydrogen-bond donors (Lipinski definition) is 0. The molecule has 2 heterocycles. The van der Waals surface area contributed by atoms with Crippen molar-refractivity contribution >= 4 is 21.8 Å². The van der Waals surface area contributed by atoms with E-state index < -0.39 is 0 Å². The number of benzene rings is 1. The van der Waals surface area contributed by atoms with Crippen molar-refractivity contribution in [3.8, 4) is 0 Å². The monoisotopic (exact) mass is 284 g/mol. The van der Waals surface area contributed by atoms with Gasteiger partial charge in [0, 0.05) is 36.3 Å². The number of rotatable bonds is 3. The summed E-state index contributed by atoms with van der Waals surface area (Å²) in [5.74, 6) is 0. The molecule has 0 aliphatic rings. The maximum atomic E-state index is 12.8. The van der Waals surface area contributed by atoms with Crippen molar-refractivity contribution in [3.63, 3.8) is 0 Å². The lowest BCUT2D eigenvalue weighted by atomic mass is 10.1. The quantitative estimate of drug-likeness (QED) is 0.736. The third kappa shape index (κ3) is 2.14. The molecule has 21 heavy (non-hydrogen) atoms. The zero-order valence-electron chi connectivity index (χ0n) is 12.9. The predicted octanol–water partition coefficient (Wildman–Crippen LogP) is 1.76. The number of pyridine rings is 1. The van der Waals surface area contributed by atoms with Crippen LogP contribution < -0.4 is 5.56 Å². The molecule has 5 nitrogen and oxygen atoms in total. The lowest BCUT2D eigenvalue weighted by Gasteiger charge is -2.14. The Morgan fingerprint density at radius 2 is 1.86 bits per heavy atom. The van der Waals surface area contributed by atoms with Gasteiger partial charge in [-0.2, -0.15) is 5.10 Å². The fourth-order valence-corrected chi connectivity index (χ4v) is 2.91. The number of aromatic nitrogens is 3. The molecule has 0 aliphatic carbocycles. The summed E-state index contributed by atoms with van der Waals surface area (Å²) in [6.07, 6.45) is 0. The van der Waals surface area contributed by atoms with Gasteiger partial charge in [0.2, 0.25) is 0 Å². The topological polar surface area (TPSA) is 43.1 Å². The van der Waals surface area contributed by atoms with E-state index in [0.717, 1.165) is 34.0 Å². The van der Waals surface area contributed by atoms with Gasteiger partial charge in [0.05, 0.1) is 5.69 Å². The number of likely N-dealkylation sites (N-methyl/N-ethyl adjacent to an activating group) is 1. The molecule has 0 amide bonds. The Morgan fingerprint density at radius 3 is 2.52 bits per heavy atom. The van der Waals surface area contributed by atoms with Crippen molar-refractivity contribution in [3.05, 3.63) is 40.3 Å². The minimum Gasteiger partial charge on any atom is -0.308 e. The largest absolute Gasteiger partial charge is 0.308 e. The Hall–Kier alpha value is -2.14. The van der Waals surface area contributed by atoms with E-state index in [2.05, 4.69) is 10.00 Å². The second-order valence-electron chi connectivity index (χ2n) is 5.71. The van der Waals surface area contributed by atoms with Gasteiger partial charge in [0.25, 0.3) is 5.56 Å². The van der Waals surface area contributed by atoms with Crippen molar-refractivity contribution in [1.29, 1.82) is 0 Å². The zero-order valence-corrected chi connectivity index (χ0v) is 12.9. The van der Waals surface area contributed by atoms with Crippen LogP contribution in [0.15, 0.2) is 29.1 Å². The van der Waals surface area contributed by atoms with Gasteiger partial charge in [-0.05, 0) is 27.1 Å². The van der Waals surface area contributed by atoms with E-state index in [4.69, 9.17) is 0 Å². The Kier molecular flexibility index (Phi) is 3.29. The maximum absolute atomic E-state index is 12.8. The molecule has 3 aromatic rings. The molecule has 110 valence electrons. The van der Waals surface area contributed by atoms with Gasteiger partial charge in [0.1, 0.15) is 5.65 Å². The van der Waals surface area contributed by atoms with Crippen molar-refractivity contribution in [2.45, 2.75) is 13.5 Å². The van der Waals surface area contributed by atoms with Crippen molar-refractivity contribution in [2.24, 2.45) is 7.05 Å². The summed E-state index contributed by atoms with van der Waals surface area (Å²) >= 11 is 0. The second kappa shape index (κ2) is 5.00. The van der Waals surface area contributed by atoms with Crippen molar-refractivity contribution < 1.29 is 0 Å². The molecule has 0 saturated heterocycles. The van der Waals surface area contributed by atoms with Crippen LogP contribution in [0.4, 0.5) is 0 Å². The highest BCUT2D eigenvalue weighted by atomic mass is 16.1. The minimum absolute atomic E-state index is 0.0583. The molecule has 3 rings (SSSR count). The lowest BCUT2D eigenvalue weighted by molar-refractivity contribution is 0.383. The summed E-state index contributed by atoms with van der Waals surface area (Å²) in [5, 5.41) is 7.34. The van der Waals surface area contributed by atoms with Crippen LogP contribution in [0.25, 0.3) is 21.8 Å². The highest BCUT2D eigenvalue weighted by Crippen LogP contribution is 2.25. The fourth-order valence-electron chi connectivity index (χ4n) is 2.91. The smallest absolute Gasteiger partial charge is 0.260 e. The summed E-state index contributed by atoms with van der Waals surface area (Å²) in [4.78, 5) is 14.9. The molecule has 0 saturated carbocycles. The van der Waals surface area contributed by atoms with Gasteiger partial charge in [0.15, 0.2) is 0 Å². The molecule has 1 aromatic carbocycles. The molecule has 0 aliphatic heterocycles. The molecule has 0 unspecified atom stereocenters. The first-order valence-electron chi connectivity index (χ1n) is 7.10. The molecular weight excluding hydrogens is 264 g/mol. The van der Waals surface area contributed by atoms with Gasteiger partial charge < -0.3 is 4.90 Å². The number of aryl methyl sites for hydroxylation is 2. The second-order valence-corrected chi connectivity index (χ2v) is 5.71. The summed E-state index contributed by atoms with van der Waals surface area (Å²) in [6.45, 7) is 3.47. The molecule has 5 heteroatoms. The Morgan fingerprint density at radius 1 is 1.19 bits per heavy atom. The SMILES string of the molecule is Cc1nn(C)c2c1c1ccccc1c(=O)n2CCN(C)C. The average molecular weight is 284 g/mol. The first kappa shape index (κ1) is 13.8. The van der Waals surface area contributed by atoms with Crippen LogP contribution in [0, 0.1) is 6.92 Å². The molecule has 0 bridgehead atoms. The number of nitrogens with zero attached hydrogens (tertiary/aromatic N) is 4. The van der Waals surface area contributed by atoms with Crippen molar-refractivity contribution in [2.75, 3.05) is 20.6 Å². The highest BCUT2D eigenvalue weighted by molar-refractivity contribution is 6.05. The third-order valence-electron chi connectivity index (χ3n) is 3.89. The van der Waals surface area contributed by atoms with Crippen LogP contribution in [-0.2, 0) is 13.6 Å². The summed E-state index contributed by atoms with van der Waals surface area (Å²) < 4.78 is 3.66. The van der Waals surface area contributed by atoms with E-state index in [9.17, 15) is 4.79 Å². The van der Waals surface area contributed by atoms with Crippen LogP contribution in [0.2, 0.25) is 0 Å². The van der Waals surface area contributed by atoms with Gasteiger partial charge in [-0.1, -0.05) is 18.2 Å². The molecule has 0 atom stereocenters. The zero-order chi connectivity index (χ0) is 15.1. The normalized spacial score (nSPS) is 11.9. The van der Waals surface area contributed by atoms with E-state index in [1.807, 2.05) is 61.6 Å². The van der Waals surface area contributed by atoms with E-state index in [1.165, 1.54) is 0 Å². The summed E-state index contributed by atoms with van der Waals surface area (Å²) in [7, 11) is 5.92. The number of fused-ring (bicyclic) bond motifs is 3. The van der Waals surface area contributed by atoms with Gasteiger partial charge in [-0.3, -0.25) is 14.0 Å². The molecule has 0 radical (unpaired) electrons. The average Bonchev–Trinajstić information content (AvgIpc) is 2.74. The van der Waals surface area contributed by atoms with Crippen LogP contribution in [0.5, 0.6) is 0 Å². The summed E-state index contributed by atoms with van der Waals surface area (Å²) in [5.41, 5.74) is 1.92. The highest BCUT2D eigenvalue weighted by Gasteiger charge is 2.16. The van der Waals surface area contributed by atoms with E-state index in [-0.39, 0.29) is 5.56 Å². The molecule has 2 aromatic heterocycles. The standard InChI is InChI=1S/C16H20N4O/c1-11-14-12-7-5-6-8-13(12)16(21)20(10-9-18(2)3)15(14)19(4)17-11/h5-8H,9-10H2,1-4H3. The minimum atomic E-state index is 0.0583. The van der Waals surface area contributed by atoms with E-state index in [1.54, 1.807) is 0 Å². The molecule has 0 fully saturated rings. The van der Waals surface area contributed by atoms with Crippen LogP contribution >= 0.6 is 0 Å². The van der Waals surface area contributed by atoms with Gasteiger partial charge >= 0.3 is 0 Å². The van der Waals surface area contributed by atoms with Gasteiger partial charge in [-0.15, -0.1) is 0 Å². The third-order valence-corrected chi connectivity index (χ3v) is 3.89. The van der Waals surface area contributed by atoms with Crippen LogP contribution in [0.1, 0.15) is 5.69 Å². The maximum Gasteiger partial charge on any atom is 0.260 e. The first-order valence-corrected chi connectivity index (χ1v) is 7.10. The summed E-state index contributed by atoms with van der Waals surface area (Å²) in [6, 6.07) is 7.79. The Labute approximate surface area is 123 Å². The molecule has 0 N–H and O–H groups in total. The molecule has 0 spiro atoms. The van der Waals surface area contributed by atoms with Crippen molar-refractivity contribution in [1.82, 2.24) is 19.2 Å². The van der Waals surface area contributed by atoms with Gasteiger partial charge in [-0.25, -0.2) is 0 Å². The van der Waals surface area contributed by atoms with E-state index in [0.29, 0.717) is 6.54 Å². The van der Waals surface area contributed by atoms with E-state index >= 15 is 0 Å². The van der Waals surface area contributed by atoms with Crippen LogP contribution in [-0.4, -0.2) is 39.9 Å². The lowest BCUT2D eigenvalue weighted by Crippen LogP contribution is -2.28.